The molecular formula is C14H21N5O. The van der Waals surface area contributed by atoms with Crippen LogP contribution in [0.5, 0.6) is 0 Å². The largest absolute Gasteiger partial charge is 0.458 e. The van der Waals surface area contributed by atoms with Crippen LogP contribution in [0.3, 0.4) is 0 Å². The van der Waals surface area contributed by atoms with E-state index >= 15 is 0 Å². The predicted octanol–water partition coefficient (Wildman–Crippen LogP) is 1.80. The lowest BCUT2D eigenvalue weighted by Crippen LogP contribution is -2.48. The summed E-state index contributed by atoms with van der Waals surface area (Å²) in [7, 11) is 0. The van der Waals surface area contributed by atoms with Crippen LogP contribution in [0.1, 0.15) is 26.0 Å². The summed E-state index contributed by atoms with van der Waals surface area (Å²) in [4.78, 5) is 6.65. The molecule has 3 N–H and O–H groups in total. The van der Waals surface area contributed by atoms with Crippen molar-refractivity contribution in [3.63, 3.8) is 0 Å². The Hall–Kier alpha value is -1.82. The first-order valence-corrected chi connectivity index (χ1v) is 7.19. The summed E-state index contributed by atoms with van der Waals surface area (Å²) < 4.78 is 5.68. The van der Waals surface area contributed by atoms with Crippen molar-refractivity contribution >= 4 is 5.95 Å². The molecule has 1 fully saturated rings. The Morgan fingerprint density at radius 2 is 2.35 bits per heavy atom. The van der Waals surface area contributed by atoms with Gasteiger partial charge >= 0.3 is 0 Å². The van der Waals surface area contributed by atoms with Crippen LogP contribution >= 0.6 is 0 Å². The number of nitrogens with zero attached hydrogens (tertiary/aromatic N) is 3. The van der Waals surface area contributed by atoms with Gasteiger partial charge in [0.1, 0.15) is 5.76 Å². The van der Waals surface area contributed by atoms with Gasteiger partial charge in [-0.15, -0.1) is 5.10 Å². The number of hydrogen-bond acceptors (Lipinski definition) is 5. The van der Waals surface area contributed by atoms with Crippen molar-refractivity contribution in [1.29, 1.82) is 0 Å². The summed E-state index contributed by atoms with van der Waals surface area (Å²) in [6.45, 7) is 6.01. The number of nitrogens with one attached hydrogen (secondary N) is 1. The molecule has 6 heteroatoms. The van der Waals surface area contributed by atoms with E-state index < -0.39 is 0 Å². The first-order valence-electron chi connectivity index (χ1n) is 7.19. The number of piperidine rings is 1. The third kappa shape index (κ3) is 2.43. The van der Waals surface area contributed by atoms with Gasteiger partial charge in [-0.1, -0.05) is 13.8 Å². The van der Waals surface area contributed by atoms with E-state index in [4.69, 9.17) is 10.2 Å². The molecular weight excluding hydrogens is 254 g/mol. The first-order chi connectivity index (χ1) is 9.67. The molecule has 0 saturated carbocycles. The Morgan fingerprint density at radius 3 is 3.05 bits per heavy atom. The van der Waals surface area contributed by atoms with Crippen LogP contribution in [-0.2, 0) is 6.42 Å². The second-order valence-corrected chi connectivity index (χ2v) is 5.48. The second kappa shape index (κ2) is 5.28. The lowest BCUT2D eigenvalue weighted by Gasteiger charge is -2.34. The van der Waals surface area contributed by atoms with Crippen molar-refractivity contribution in [1.82, 2.24) is 15.2 Å². The van der Waals surface area contributed by atoms with Crippen LogP contribution < -0.4 is 10.6 Å². The lowest BCUT2D eigenvalue weighted by molar-refractivity contribution is 0.376. The van der Waals surface area contributed by atoms with E-state index in [1.807, 2.05) is 12.1 Å². The highest BCUT2D eigenvalue weighted by Gasteiger charge is 2.25. The number of aromatic amines is 1. The molecule has 2 unspecified atom stereocenters. The number of hydrogen-bond donors (Lipinski definition) is 2. The molecule has 108 valence electrons. The highest BCUT2D eigenvalue weighted by molar-refractivity contribution is 5.49. The maximum atomic E-state index is 6.12. The first kappa shape index (κ1) is 13.2. The predicted molar refractivity (Wildman–Crippen MR) is 77.4 cm³/mol. The fraction of sp³-hybridized carbons (Fsp3) is 0.571. The average molecular weight is 275 g/mol. The minimum Gasteiger partial charge on any atom is -0.458 e. The molecule has 20 heavy (non-hydrogen) atoms. The molecule has 0 aromatic carbocycles. The number of H-pyrrole nitrogens is 1. The van der Waals surface area contributed by atoms with Crippen LogP contribution in [0, 0.1) is 5.92 Å². The van der Waals surface area contributed by atoms with E-state index in [1.165, 1.54) is 0 Å². The van der Waals surface area contributed by atoms with Gasteiger partial charge in [0.25, 0.3) is 0 Å². The number of nitrogens with two attached hydrogens (primary N) is 1. The zero-order chi connectivity index (χ0) is 14.1. The van der Waals surface area contributed by atoms with Gasteiger partial charge in [0, 0.05) is 25.6 Å². The fourth-order valence-electron chi connectivity index (χ4n) is 2.48. The van der Waals surface area contributed by atoms with Gasteiger partial charge in [-0.3, -0.25) is 5.10 Å². The van der Waals surface area contributed by atoms with E-state index in [1.54, 1.807) is 0 Å². The van der Waals surface area contributed by atoms with Crippen LogP contribution in [0.2, 0.25) is 0 Å². The molecule has 1 saturated heterocycles. The normalized spacial score (nSPS) is 23.2. The molecule has 2 aromatic rings. The van der Waals surface area contributed by atoms with Crippen molar-refractivity contribution in [2.75, 3.05) is 18.0 Å². The Balaban J connectivity index is 1.76. The van der Waals surface area contributed by atoms with Crippen molar-refractivity contribution < 1.29 is 4.42 Å². The molecule has 0 aliphatic carbocycles. The van der Waals surface area contributed by atoms with Gasteiger partial charge in [-0.2, -0.15) is 4.98 Å². The van der Waals surface area contributed by atoms with Gasteiger partial charge in [0.05, 0.1) is 0 Å². The maximum absolute atomic E-state index is 6.12. The van der Waals surface area contributed by atoms with Crippen LogP contribution in [0.4, 0.5) is 5.95 Å². The van der Waals surface area contributed by atoms with Crippen molar-refractivity contribution in [2.24, 2.45) is 11.7 Å². The summed E-state index contributed by atoms with van der Waals surface area (Å²) in [5, 5.41) is 7.23. The fourth-order valence-corrected chi connectivity index (χ4v) is 2.48. The number of aromatic nitrogens is 3. The molecule has 6 nitrogen and oxygen atoms in total. The highest BCUT2D eigenvalue weighted by atomic mass is 16.3. The summed E-state index contributed by atoms with van der Waals surface area (Å²) >= 11 is 0. The zero-order valence-electron chi connectivity index (χ0n) is 12.0. The van der Waals surface area contributed by atoms with Gasteiger partial charge < -0.3 is 15.1 Å². The topological polar surface area (TPSA) is 84.0 Å². The monoisotopic (exact) mass is 275 g/mol. The Morgan fingerprint density at radius 1 is 1.50 bits per heavy atom. The van der Waals surface area contributed by atoms with Crippen LogP contribution in [0.25, 0.3) is 11.6 Å². The summed E-state index contributed by atoms with van der Waals surface area (Å²) in [6, 6.07) is 4.07. The molecule has 1 aliphatic heterocycles. The lowest BCUT2D eigenvalue weighted by atomic mass is 9.95. The van der Waals surface area contributed by atoms with Crippen LogP contribution in [0.15, 0.2) is 16.5 Å². The van der Waals surface area contributed by atoms with E-state index in [-0.39, 0.29) is 6.04 Å². The van der Waals surface area contributed by atoms with Crippen molar-refractivity contribution in [2.45, 2.75) is 32.7 Å². The van der Waals surface area contributed by atoms with Gasteiger partial charge in [0.15, 0.2) is 11.6 Å². The van der Waals surface area contributed by atoms with Gasteiger partial charge in [0.2, 0.25) is 5.95 Å². The summed E-state index contributed by atoms with van der Waals surface area (Å²) in [5.74, 6) is 3.62. The smallest absolute Gasteiger partial charge is 0.245 e. The zero-order valence-corrected chi connectivity index (χ0v) is 12.0. The molecule has 0 amide bonds. The summed E-state index contributed by atoms with van der Waals surface area (Å²) in [6.07, 6.45) is 1.95. The second-order valence-electron chi connectivity index (χ2n) is 5.48. The maximum Gasteiger partial charge on any atom is 0.245 e. The van der Waals surface area contributed by atoms with Gasteiger partial charge in [-0.25, -0.2) is 0 Å². The Labute approximate surface area is 118 Å². The van der Waals surface area contributed by atoms with E-state index in [0.717, 1.165) is 37.5 Å². The Kier molecular flexibility index (Phi) is 3.48. The number of rotatable bonds is 3. The number of furan rings is 1. The molecule has 2 aromatic heterocycles. The molecule has 3 heterocycles. The van der Waals surface area contributed by atoms with Gasteiger partial charge in [-0.05, 0) is 24.5 Å². The molecule has 0 radical (unpaired) electrons. The average Bonchev–Trinajstić information content (AvgIpc) is 3.09. The molecule has 1 aliphatic rings. The van der Waals surface area contributed by atoms with Crippen LogP contribution in [-0.4, -0.2) is 34.3 Å². The highest BCUT2D eigenvalue weighted by Crippen LogP contribution is 2.23. The third-order valence-electron chi connectivity index (χ3n) is 4.02. The van der Waals surface area contributed by atoms with E-state index in [0.29, 0.717) is 17.7 Å². The molecule has 0 bridgehead atoms. The van der Waals surface area contributed by atoms with Crippen molar-refractivity contribution in [3.05, 3.63) is 17.9 Å². The SMILES string of the molecule is CCc1ccc(-c2nc(N3CCC(C)C(N)C3)n[nH]2)o1. The third-order valence-corrected chi connectivity index (χ3v) is 4.02. The van der Waals surface area contributed by atoms with E-state index in [2.05, 4.69) is 33.9 Å². The summed E-state index contributed by atoms with van der Waals surface area (Å²) in [5.41, 5.74) is 6.12. The molecule has 0 spiro atoms. The number of aryl methyl sites for hydroxylation is 1. The standard InChI is InChI=1S/C14H21N5O/c1-3-10-4-5-12(20-10)13-16-14(18-17-13)19-7-6-9(2)11(15)8-19/h4-5,9,11H,3,6-8,15H2,1-2H3,(H,16,17,18). The van der Waals surface area contributed by atoms with Crippen molar-refractivity contribution in [3.8, 4) is 11.6 Å². The number of anilines is 1. The molecule has 2 atom stereocenters. The van der Waals surface area contributed by atoms with E-state index in [9.17, 15) is 0 Å². The minimum atomic E-state index is 0.181. The molecule has 3 rings (SSSR count). The minimum absolute atomic E-state index is 0.181. The Bertz CT molecular complexity index is 576. The quantitative estimate of drug-likeness (QED) is 0.892.